The zero-order valence-electron chi connectivity index (χ0n) is 16.4. The normalized spacial score (nSPS) is 11.9. The van der Waals surface area contributed by atoms with Gasteiger partial charge in [-0.25, -0.2) is 4.98 Å². The lowest BCUT2D eigenvalue weighted by Crippen LogP contribution is -2.04. The molecule has 0 saturated heterocycles. The van der Waals surface area contributed by atoms with Gasteiger partial charge in [-0.2, -0.15) is 5.10 Å². The highest BCUT2D eigenvalue weighted by molar-refractivity contribution is 6.29. The van der Waals surface area contributed by atoms with Crippen LogP contribution < -0.4 is 14.8 Å². The van der Waals surface area contributed by atoms with E-state index >= 15 is 0 Å². The van der Waals surface area contributed by atoms with Crippen molar-refractivity contribution in [1.29, 1.82) is 0 Å². The van der Waals surface area contributed by atoms with Gasteiger partial charge in [0.25, 0.3) is 0 Å². The summed E-state index contributed by atoms with van der Waals surface area (Å²) in [4.78, 5) is 4.02. The summed E-state index contributed by atoms with van der Waals surface area (Å²) >= 11 is 6.00. The van der Waals surface area contributed by atoms with Gasteiger partial charge in [0.05, 0.1) is 18.9 Å². The number of nitrogens with one attached hydrogen (secondary N) is 1. The molecule has 0 saturated carbocycles. The van der Waals surface area contributed by atoms with E-state index in [1.165, 1.54) is 5.56 Å². The van der Waals surface area contributed by atoms with E-state index in [4.69, 9.17) is 26.2 Å². The SMILES string of the molecule is CCOc1cc2c(cc1OCCCO)-c1c(c(Nc3ccnc(Cl)c3)nn1C)C2. The number of hydrogen-bond donors (Lipinski definition) is 2. The van der Waals surface area contributed by atoms with Crippen LogP contribution in [0.1, 0.15) is 24.5 Å². The summed E-state index contributed by atoms with van der Waals surface area (Å²) in [6, 6.07) is 7.68. The van der Waals surface area contributed by atoms with Crippen molar-refractivity contribution in [2.24, 2.45) is 7.05 Å². The van der Waals surface area contributed by atoms with Crippen LogP contribution in [0.2, 0.25) is 5.15 Å². The van der Waals surface area contributed by atoms with Crippen molar-refractivity contribution < 1.29 is 14.6 Å². The standard InChI is InChI=1S/C21H23ClN4O3/c1-3-28-17-10-13-9-16-20(15(13)12-18(17)29-8-4-7-27)26(2)25-21(16)24-14-5-6-23-19(22)11-14/h5-6,10-12,27H,3-4,7-9H2,1-2H3,(H,23,24,25). The van der Waals surface area contributed by atoms with Gasteiger partial charge >= 0.3 is 0 Å². The Morgan fingerprint density at radius 1 is 1.24 bits per heavy atom. The first kappa shape index (κ1) is 19.5. The minimum Gasteiger partial charge on any atom is -0.490 e. The maximum Gasteiger partial charge on any atom is 0.161 e. The Bertz CT molecular complexity index is 1040. The summed E-state index contributed by atoms with van der Waals surface area (Å²) in [6.45, 7) is 3.03. The summed E-state index contributed by atoms with van der Waals surface area (Å²) in [6.07, 6.45) is 2.98. The maximum absolute atomic E-state index is 9.04. The van der Waals surface area contributed by atoms with Crippen LogP contribution in [0.25, 0.3) is 11.3 Å². The number of hydrogen-bond acceptors (Lipinski definition) is 6. The van der Waals surface area contributed by atoms with E-state index in [1.807, 2.05) is 36.9 Å². The van der Waals surface area contributed by atoms with Crippen LogP contribution in [0.3, 0.4) is 0 Å². The van der Waals surface area contributed by atoms with Gasteiger partial charge in [-0.15, -0.1) is 0 Å². The molecule has 0 bridgehead atoms. The Labute approximate surface area is 174 Å². The number of anilines is 2. The first-order valence-electron chi connectivity index (χ1n) is 9.59. The van der Waals surface area contributed by atoms with E-state index in [1.54, 1.807) is 12.3 Å². The lowest BCUT2D eigenvalue weighted by atomic mass is 10.1. The van der Waals surface area contributed by atoms with E-state index < -0.39 is 0 Å². The summed E-state index contributed by atoms with van der Waals surface area (Å²) in [5.74, 6) is 2.20. The van der Waals surface area contributed by atoms with Crippen LogP contribution in [0.5, 0.6) is 11.5 Å². The summed E-state index contributed by atoms with van der Waals surface area (Å²) < 4.78 is 13.5. The first-order chi connectivity index (χ1) is 14.1. The zero-order valence-corrected chi connectivity index (χ0v) is 17.2. The number of aromatic nitrogens is 3. The number of fused-ring (bicyclic) bond motifs is 3. The average molecular weight is 415 g/mol. The van der Waals surface area contributed by atoms with Crippen molar-refractivity contribution in [3.05, 3.63) is 46.7 Å². The molecule has 0 unspecified atom stereocenters. The highest BCUT2D eigenvalue weighted by atomic mass is 35.5. The van der Waals surface area contributed by atoms with E-state index in [0.29, 0.717) is 30.5 Å². The fourth-order valence-electron chi connectivity index (χ4n) is 3.58. The second-order valence-corrected chi connectivity index (χ2v) is 7.17. The van der Waals surface area contributed by atoms with Gasteiger partial charge < -0.3 is 19.9 Å². The molecule has 8 heteroatoms. The van der Waals surface area contributed by atoms with Gasteiger partial charge in [0.1, 0.15) is 5.15 Å². The first-order valence-corrected chi connectivity index (χ1v) is 9.96. The second-order valence-electron chi connectivity index (χ2n) is 6.78. The second kappa shape index (κ2) is 8.31. The van der Waals surface area contributed by atoms with E-state index in [-0.39, 0.29) is 6.61 Å². The van der Waals surface area contributed by atoms with Crippen LogP contribution in [0.15, 0.2) is 30.5 Å². The molecule has 1 aliphatic carbocycles. The quantitative estimate of drug-likeness (QED) is 0.335. The topological polar surface area (TPSA) is 81.4 Å². The third-order valence-corrected chi connectivity index (χ3v) is 4.99. The van der Waals surface area contributed by atoms with E-state index in [9.17, 15) is 0 Å². The molecular weight excluding hydrogens is 392 g/mol. The molecule has 2 heterocycles. The molecule has 0 radical (unpaired) electrons. The molecule has 0 spiro atoms. The van der Waals surface area contributed by atoms with Gasteiger partial charge in [-0.3, -0.25) is 4.68 Å². The summed E-state index contributed by atoms with van der Waals surface area (Å²) in [5, 5.41) is 17.5. The molecule has 0 fully saturated rings. The van der Waals surface area contributed by atoms with Crippen molar-refractivity contribution in [3.8, 4) is 22.8 Å². The van der Waals surface area contributed by atoms with Gasteiger partial charge in [0.15, 0.2) is 17.3 Å². The number of rotatable bonds is 8. The molecule has 0 aliphatic heterocycles. The Balaban J connectivity index is 1.69. The lowest BCUT2D eigenvalue weighted by molar-refractivity contribution is 0.225. The number of halogens is 1. The van der Waals surface area contributed by atoms with E-state index in [2.05, 4.69) is 15.4 Å². The molecule has 1 aliphatic rings. The number of benzene rings is 1. The Hall–Kier alpha value is -2.77. The Morgan fingerprint density at radius 2 is 2.07 bits per heavy atom. The highest BCUT2D eigenvalue weighted by Gasteiger charge is 2.29. The number of ether oxygens (including phenoxy) is 2. The van der Waals surface area contributed by atoms with E-state index in [0.717, 1.165) is 40.5 Å². The third-order valence-electron chi connectivity index (χ3n) is 4.79. The van der Waals surface area contributed by atoms with Crippen LogP contribution in [0, 0.1) is 0 Å². The molecule has 29 heavy (non-hydrogen) atoms. The average Bonchev–Trinajstić information content (AvgIpc) is 3.20. The third kappa shape index (κ3) is 3.88. The molecule has 152 valence electrons. The smallest absolute Gasteiger partial charge is 0.161 e. The molecule has 7 nitrogen and oxygen atoms in total. The van der Waals surface area contributed by atoms with Gasteiger partial charge in [0.2, 0.25) is 0 Å². The predicted molar refractivity (Wildman–Crippen MR) is 112 cm³/mol. The predicted octanol–water partition coefficient (Wildman–Crippen LogP) is 3.94. The number of aliphatic hydroxyl groups is 1. The molecule has 3 aromatic rings. The molecule has 4 rings (SSSR count). The summed E-state index contributed by atoms with van der Waals surface area (Å²) in [7, 11) is 1.93. The Kier molecular flexibility index (Phi) is 5.60. The van der Waals surface area contributed by atoms with Crippen LogP contribution >= 0.6 is 11.6 Å². The van der Waals surface area contributed by atoms with Crippen molar-refractivity contribution >= 4 is 23.1 Å². The fourth-order valence-corrected chi connectivity index (χ4v) is 3.75. The Morgan fingerprint density at radius 3 is 2.83 bits per heavy atom. The molecule has 2 N–H and O–H groups in total. The lowest BCUT2D eigenvalue weighted by Gasteiger charge is -2.14. The largest absolute Gasteiger partial charge is 0.490 e. The van der Waals surface area contributed by atoms with Crippen molar-refractivity contribution in [2.45, 2.75) is 19.8 Å². The molecule has 0 atom stereocenters. The van der Waals surface area contributed by atoms with Gasteiger partial charge in [-0.05, 0) is 36.8 Å². The van der Waals surface area contributed by atoms with Gasteiger partial charge in [0, 0.05) is 49.5 Å². The zero-order chi connectivity index (χ0) is 20.4. The fraction of sp³-hybridized carbons (Fsp3) is 0.333. The highest BCUT2D eigenvalue weighted by Crippen LogP contribution is 2.45. The molecule has 1 aromatic carbocycles. The van der Waals surface area contributed by atoms with Crippen LogP contribution in [-0.2, 0) is 13.5 Å². The van der Waals surface area contributed by atoms with Gasteiger partial charge in [-0.1, -0.05) is 11.6 Å². The number of aryl methyl sites for hydroxylation is 1. The van der Waals surface area contributed by atoms with Crippen LogP contribution in [-0.4, -0.2) is 39.7 Å². The minimum atomic E-state index is 0.0921. The molecule has 2 aromatic heterocycles. The number of nitrogens with zero attached hydrogens (tertiary/aromatic N) is 3. The van der Waals surface area contributed by atoms with Crippen LogP contribution in [0.4, 0.5) is 11.5 Å². The maximum atomic E-state index is 9.04. The van der Waals surface area contributed by atoms with Crippen molar-refractivity contribution in [3.63, 3.8) is 0 Å². The number of aliphatic hydroxyl groups excluding tert-OH is 1. The van der Waals surface area contributed by atoms with Crippen molar-refractivity contribution in [1.82, 2.24) is 14.8 Å². The van der Waals surface area contributed by atoms with Crippen molar-refractivity contribution in [2.75, 3.05) is 25.1 Å². The monoisotopic (exact) mass is 414 g/mol. The summed E-state index contributed by atoms with van der Waals surface area (Å²) in [5.41, 5.74) is 5.26. The molecule has 0 amide bonds. The molecular formula is C21H23ClN4O3. The minimum absolute atomic E-state index is 0.0921. The number of pyridine rings is 1.